The molecule has 0 aromatic heterocycles. The Bertz CT molecular complexity index is 1010. The van der Waals surface area contributed by atoms with Crippen molar-refractivity contribution in [3.63, 3.8) is 0 Å². The van der Waals surface area contributed by atoms with Gasteiger partial charge in [-0.2, -0.15) is 0 Å². The van der Waals surface area contributed by atoms with Gasteiger partial charge in [0.05, 0.1) is 10.7 Å². The van der Waals surface area contributed by atoms with Crippen LogP contribution in [0.5, 0.6) is 0 Å². The van der Waals surface area contributed by atoms with Crippen LogP contribution >= 0.6 is 11.6 Å². The van der Waals surface area contributed by atoms with E-state index in [4.69, 9.17) is 11.6 Å². The molecule has 136 valence electrons. The van der Waals surface area contributed by atoms with Crippen molar-refractivity contribution in [3.05, 3.63) is 94.3 Å². The molecule has 3 aromatic rings. The first-order chi connectivity index (χ1) is 12.9. The molecule has 3 rings (SSSR count). The molecule has 6 heteroatoms. The summed E-state index contributed by atoms with van der Waals surface area (Å²) in [6.45, 7) is 1.58. The van der Waals surface area contributed by atoms with E-state index in [0.717, 1.165) is 0 Å². The maximum absolute atomic E-state index is 13.4. The maximum Gasteiger partial charge on any atom is 0.255 e. The van der Waals surface area contributed by atoms with Crippen molar-refractivity contribution in [2.75, 3.05) is 10.6 Å². The van der Waals surface area contributed by atoms with E-state index in [0.29, 0.717) is 33.1 Å². The summed E-state index contributed by atoms with van der Waals surface area (Å²) in [5.74, 6) is -1.16. The molecule has 0 fully saturated rings. The molecule has 27 heavy (non-hydrogen) atoms. The van der Waals surface area contributed by atoms with Gasteiger partial charge < -0.3 is 10.6 Å². The summed E-state index contributed by atoms with van der Waals surface area (Å²) >= 11 is 6.14. The first-order valence-electron chi connectivity index (χ1n) is 8.17. The highest BCUT2D eigenvalue weighted by Gasteiger charge is 2.13. The molecule has 0 spiro atoms. The number of aryl methyl sites for hydroxylation is 1. The highest BCUT2D eigenvalue weighted by Crippen LogP contribution is 2.24. The second kappa shape index (κ2) is 8.01. The molecule has 2 N–H and O–H groups in total. The van der Waals surface area contributed by atoms with Crippen LogP contribution < -0.4 is 10.6 Å². The number of amides is 2. The van der Waals surface area contributed by atoms with Gasteiger partial charge >= 0.3 is 0 Å². The van der Waals surface area contributed by atoms with Crippen LogP contribution in [0.1, 0.15) is 26.3 Å². The molecule has 0 saturated carbocycles. The Labute approximate surface area is 161 Å². The van der Waals surface area contributed by atoms with Crippen LogP contribution in [0.4, 0.5) is 15.8 Å². The van der Waals surface area contributed by atoms with Crippen LogP contribution in [0.25, 0.3) is 0 Å². The third kappa shape index (κ3) is 4.51. The Morgan fingerprint density at radius 2 is 1.48 bits per heavy atom. The quantitative estimate of drug-likeness (QED) is 0.644. The summed E-state index contributed by atoms with van der Waals surface area (Å²) in [7, 11) is 0. The topological polar surface area (TPSA) is 58.2 Å². The van der Waals surface area contributed by atoms with E-state index in [9.17, 15) is 14.0 Å². The van der Waals surface area contributed by atoms with Crippen LogP contribution in [0.3, 0.4) is 0 Å². The Balaban J connectivity index is 1.79. The van der Waals surface area contributed by atoms with Crippen molar-refractivity contribution in [1.82, 2.24) is 0 Å². The summed E-state index contributed by atoms with van der Waals surface area (Å²) < 4.78 is 13.4. The fraction of sp³-hybridized carbons (Fsp3) is 0.0476. The van der Waals surface area contributed by atoms with E-state index in [1.807, 2.05) is 18.2 Å². The maximum atomic E-state index is 13.4. The highest BCUT2D eigenvalue weighted by molar-refractivity contribution is 6.34. The van der Waals surface area contributed by atoms with Gasteiger partial charge in [-0.05, 0) is 61.0 Å². The van der Waals surface area contributed by atoms with Crippen molar-refractivity contribution < 1.29 is 14.0 Å². The first kappa shape index (κ1) is 18.6. The van der Waals surface area contributed by atoms with Crippen LogP contribution in [0, 0.1) is 12.7 Å². The summed E-state index contributed by atoms with van der Waals surface area (Å²) in [4.78, 5) is 24.8. The molecule has 0 saturated heterocycles. The van der Waals surface area contributed by atoms with E-state index >= 15 is 0 Å². The Morgan fingerprint density at radius 1 is 0.852 bits per heavy atom. The van der Waals surface area contributed by atoms with Crippen molar-refractivity contribution in [1.29, 1.82) is 0 Å². The van der Waals surface area contributed by atoms with E-state index in [2.05, 4.69) is 10.6 Å². The van der Waals surface area contributed by atoms with Gasteiger partial charge in [-0.15, -0.1) is 0 Å². The number of hydrogen-bond donors (Lipinski definition) is 2. The lowest BCUT2D eigenvalue weighted by atomic mass is 10.1. The zero-order valence-electron chi connectivity index (χ0n) is 14.4. The van der Waals surface area contributed by atoms with Gasteiger partial charge in [-0.25, -0.2) is 4.39 Å². The van der Waals surface area contributed by atoms with E-state index in [-0.39, 0.29) is 11.7 Å². The monoisotopic (exact) mass is 382 g/mol. The summed E-state index contributed by atoms with van der Waals surface area (Å²) in [5, 5.41) is 5.72. The second-order valence-electron chi connectivity index (χ2n) is 5.93. The third-order valence-corrected chi connectivity index (χ3v) is 4.26. The van der Waals surface area contributed by atoms with Crippen LogP contribution in [0.15, 0.2) is 66.7 Å². The molecule has 0 bridgehead atoms. The van der Waals surface area contributed by atoms with Gasteiger partial charge in [-0.1, -0.05) is 29.8 Å². The van der Waals surface area contributed by atoms with Crippen molar-refractivity contribution in [3.8, 4) is 0 Å². The Morgan fingerprint density at radius 3 is 2.19 bits per heavy atom. The number of carbonyl (C=O) groups excluding carboxylic acids is 2. The van der Waals surface area contributed by atoms with Crippen molar-refractivity contribution in [2.24, 2.45) is 0 Å². The molecular weight excluding hydrogens is 367 g/mol. The zero-order chi connectivity index (χ0) is 19.4. The first-order valence-corrected chi connectivity index (χ1v) is 8.55. The second-order valence-corrected chi connectivity index (χ2v) is 6.34. The van der Waals surface area contributed by atoms with Crippen LogP contribution in [-0.4, -0.2) is 11.8 Å². The number of hydrogen-bond acceptors (Lipinski definition) is 2. The van der Waals surface area contributed by atoms with Gasteiger partial charge in [0.25, 0.3) is 11.8 Å². The number of carbonyl (C=O) groups is 2. The van der Waals surface area contributed by atoms with Gasteiger partial charge in [0.15, 0.2) is 0 Å². The number of halogens is 2. The van der Waals surface area contributed by atoms with Gasteiger partial charge in [0.2, 0.25) is 0 Å². The molecule has 2 amide bonds. The fourth-order valence-electron chi connectivity index (χ4n) is 2.47. The van der Waals surface area contributed by atoms with Crippen LogP contribution in [-0.2, 0) is 0 Å². The highest BCUT2D eigenvalue weighted by atomic mass is 35.5. The third-order valence-electron chi connectivity index (χ3n) is 3.93. The van der Waals surface area contributed by atoms with Gasteiger partial charge in [0, 0.05) is 16.8 Å². The average molecular weight is 383 g/mol. The lowest BCUT2D eigenvalue weighted by Gasteiger charge is -2.11. The Kier molecular flexibility index (Phi) is 5.52. The number of benzene rings is 3. The Hall–Kier alpha value is -3.18. The minimum atomic E-state index is -0.444. The van der Waals surface area contributed by atoms with E-state index in [1.54, 1.807) is 25.1 Å². The predicted octanol–water partition coefficient (Wildman–Crippen LogP) is 5.29. The fourth-order valence-corrected chi connectivity index (χ4v) is 2.63. The van der Waals surface area contributed by atoms with Crippen molar-refractivity contribution >= 4 is 34.8 Å². The zero-order valence-corrected chi connectivity index (χ0v) is 15.2. The minimum Gasteiger partial charge on any atom is -0.322 e. The molecule has 0 unspecified atom stereocenters. The molecule has 3 aromatic carbocycles. The van der Waals surface area contributed by atoms with E-state index in [1.165, 1.54) is 30.3 Å². The van der Waals surface area contributed by atoms with Crippen LogP contribution in [0.2, 0.25) is 5.02 Å². The van der Waals surface area contributed by atoms with Gasteiger partial charge in [-0.3, -0.25) is 9.59 Å². The summed E-state index contributed by atoms with van der Waals surface area (Å²) in [5.41, 5.74) is 1.96. The SMILES string of the molecule is Cc1cc(C(=O)Nc2cc(C(=O)Nc3ccccc3)ccc2Cl)ccc1F. The molecule has 0 atom stereocenters. The van der Waals surface area contributed by atoms with Gasteiger partial charge in [0.1, 0.15) is 5.82 Å². The predicted molar refractivity (Wildman–Crippen MR) is 105 cm³/mol. The standard InChI is InChI=1S/C21H16ClFN2O2/c1-13-11-14(8-10-18(13)23)21(27)25-19-12-15(7-9-17(19)22)20(26)24-16-5-3-2-4-6-16/h2-12H,1H3,(H,24,26)(H,25,27). The molecule has 0 radical (unpaired) electrons. The smallest absolute Gasteiger partial charge is 0.255 e. The molecule has 0 aliphatic carbocycles. The molecule has 4 nitrogen and oxygen atoms in total. The molecule has 0 aliphatic heterocycles. The number of anilines is 2. The number of para-hydroxylation sites is 1. The molecule has 0 heterocycles. The largest absolute Gasteiger partial charge is 0.322 e. The number of nitrogens with one attached hydrogen (secondary N) is 2. The lowest BCUT2D eigenvalue weighted by molar-refractivity contribution is 0.101. The summed E-state index contributed by atoms with van der Waals surface area (Å²) in [6.07, 6.45) is 0. The average Bonchev–Trinajstić information content (AvgIpc) is 2.66. The minimum absolute atomic E-state index is 0.290. The van der Waals surface area contributed by atoms with E-state index < -0.39 is 5.91 Å². The summed E-state index contributed by atoms with van der Waals surface area (Å²) in [6, 6.07) is 17.7. The lowest BCUT2D eigenvalue weighted by Crippen LogP contribution is -2.15. The number of rotatable bonds is 4. The molecule has 0 aliphatic rings. The van der Waals surface area contributed by atoms with Crippen molar-refractivity contribution in [2.45, 2.75) is 6.92 Å². The molecular formula is C21H16ClFN2O2. The normalized spacial score (nSPS) is 10.3.